The lowest BCUT2D eigenvalue weighted by Crippen LogP contribution is -2.54. The zero-order valence-electron chi connectivity index (χ0n) is 17.9. The van der Waals surface area contributed by atoms with Gasteiger partial charge in [-0.2, -0.15) is 0 Å². The SMILES string of the molecule is COC(=O)CNC(=O)[C@H](C)NC(=O)[C@@H]1CCCN1C(=O)CNC(=O)CNC(=O)[C@H](C)N. The molecule has 6 N–H and O–H groups in total. The fraction of sp³-hybridized carbons (Fsp3) is 0.667. The van der Waals surface area contributed by atoms with E-state index in [1.807, 2.05) is 0 Å². The van der Waals surface area contributed by atoms with Crippen molar-refractivity contribution in [1.82, 2.24) is 26.2 Å². The maximum atomic E-state index is 12.5. The summed E-state index contributed by atoms with van der Waals surface area (Å²) in [7, 11) is 1.18. The third kappa shape index (κ3) is 8.58. The molecule has 0 radical (unpaired) electrons. The maximum Gasteiger partial charge on any atom is 0.325 e. The third-order valence-corrected chi connectivity index (χ3v) is 4.54. The van der Waals surface area contributed by atoms with Crippen LogP contribution in [0.2, 0.25) is 0 Å². The average Bonchev–Trinajstić information content (AvgIpc) is 3.23. The number of nitrogens with zero attached hydrogens (tertiary/aromatic N) is 1. The lowest BCUT2D eigenvalue weighted by atomic mass is 10.2. The molecule has 0 unspecified atom stereocenters. The topological polar surface area (TPSA) is 189 Å². The number of likely N-dealkylation sites (tertiary alicyclic amines) is 1. The first kappa shape index (κ1) is 25.8. The number of ether oxygens (including phenoxy) is 1. The highest BCUT2D eigenvalue weighted by atomic mass is 16.5. The summed E-state index contributed by atoms with van der Waals surface area (Å²) in [5.74, 6) is -3.25. The van der Waals surface area contributed by atoms with E-state index in [1.165, 1.54) is 25.9 Å². The van der Waals surface area contributed by atoms with Gasteiger partial charge in [-0.15, -0.1) is 0 Å². The predicted octanol–water partition coefficient (Wildman–Crippen LogP) is -3.65. The van der Waals surface area contributed by atoms with E-state index in [-0.39, 0.29) is 19.6 Å². The van der Waals surface area contributed by atoms with E-state index < -0.39 is 53.6 Å². The number of methoxy groups -OCH3 is 1. The van der Waals surface area contributed by atoms with Crippen molar-refractivity contribution in [3.8, 4) is 0 Å². The van der Waals surface area contributed by atoms with E-state index in [1.54, 1.807) is 0 Å². The van der Waals surface area contributed by atoms with Crippen LogP contribution in [-0.2, 0) is 33.5 Å². The molecule has 1 rings (SSSR count). The number of amides is 5. The van der Waals surface area contributed by atoms with Gasteiger partial charge in [0.05, 0.1) is 26.2 Å². The number of nitrogens with two attached hydrogens (primary N) is 1. The Morgan fingerprint density at radius 1 is 1.00 bits per heavy atom. The molecule has 5 amide bonds. The molecule has 1 aliphatic rings. The van der Waals surface area contributed by atoms with Crippen molar-refractivity contribution in [3.63, 3.8) is 0 Å². The number of hydrogen-bond acceptors (Lipinski definition) is 8. The summed E-state index contributed by atoms with van der Waals surface area (Å²) < 4.78 is 4.42. The summed E-state index contributed by atoms with van der Waals surface area (Å²) in [6.45, 7) is 2.26. The van der Waals surface area contributed by atoms with Crippen molar-refractivity contribution in [1.29, 1.82) is 0 Å². The zero-order chi connectivity index (χ0) is 23.6. The van der Waals surface area contributed by atoms with Gasteiger partial charge < -0.3 is 36.6 Å². The van der Waals surface area contributed by atoms with E-state index in [2.05, 4.69) is 26.0 Å². The van der Waals surface area contributed by atoms with Crippen LogP contribution in [0.15, 0.2) is 0 Å². The molecule has 0 aromatic rings. The van der Waals surface area contributed by atoms with Gasteiger partial charge in [-0.05, 0) is 26.7 Å². The lowest BCUT2D eigenvalue weighted by Gasteiger charge is -2.25. The van der Waals surface area contributed by atoms with Crippen molar-refractivity contribution in [2.24, 2.45) is 5.73 Å². The Balaban J connectivity index is 2.49. The van der Waals surface area contributed by atoms with Gasteiger partial charge in [-0.25, -0.2) is 0 Å². The normalized spacial score (nSPS) is 17.2. The second-order valence-corrected chi connectivity index (χ2v) is 7.05. The Hall–Kier alpha value is -3.22. The molecule has 13 heteroatoms. The van der Waals surface area contributed by atoms with Crippen molar-refractivity contribution in [2.45, 2.75) is 44.8 Å². The zero-order valence-corrected chi connectivity index (χ0v) is 17.9. The van der Waals surface area contributed by atoms with Crippen LogP contribution in [0.1, 0.15) is 26.7 Å². The highest BCUT2D eigenvalue weighted by molar-refractivity contribution is 5.94. The van der Waals surface area contributed by atoms with Crippen LogP contribution in [0.25, 0.3) is 0 Å². The number of rotatable bonds is 10. The monoisotopic (exact) mass is 442 g/mol. The van der Waals surface area contributed by atoms with E-state index in [0.29, 0.717) is 19.4 Å². The van der Waals surface area contributed by atoms with E-state index in [9.17, 15) is 28.8 Å². The van der Waals surface area contributed by atoms with Crippen molar-refractivity contribution in [3.05, 3.63) is 0 Å². The maximum absolute atomic E-state index is 12.5. The van der Waals surface area contributed by atoms with Crippen molar-refractivity contribution in [2.75, 3.05) is 33.3 Å². The molecule has 1 heterocycles. The van der Waals surface area contributed by atoms with Crippen molar-refractivity contribution >= 4 is 35.5 Å². The molecule has 0 aliphatic carbocycles. The molecular formula is C18H30N6O7. The summed E-state index contributed by atoms with van der Waals surface area (Å²) in [4.78, 5) is 72.4. The number of hydrogen-bond donors (Lipinski definition) is 5. The molecule has 0 saturated carbocycles. The quantitative estimate of drug-likeness (QED) is 0.214. The number of carbonyl (C=O) groups excluding carboxylic acids is 6. The second-order valence-electron chi connectivity index (χ2n) is 7.05. The van der Waals surface area contributed by atoms with Crippen LogP contribution in [0.4, 0.5) is 0 Å². The van der Waals surface area contributed by atoms with E-state index in [4.69, 9.17) is 5.73 Å². The second kappa shape index (κ2) is 12.5. The number of esters is 1. The molecule has 174 valence electrons. The molecule has 0 spiro atoms. The van der Waals surface area contributed by atoms with Gasteiger partial charge >= 0.3 is 5.97 Å². The summed E-state index contributed by atoms with van der Waals surface area (Å²) in [5.41, 5.74) is 5.37. The Morgan fingerprint density at radius 3 is 2.26 bits per heavy atom. The fourth-order valence-corrected chi connectivity index (χ4v) is 2.76. The van der Waals surface area contributed by atoms with Gasteiger partial charge in [-0.1, -0.05) is 0 Å². The smallest absolute Gasteiger partial charge is 0.325 e. The van der Waals surface area contributed by atoms with Gasteiger partial charge in [0, 0.05) is 6.54 Å². The minimum atomic E-state index is -0.928. The first-order chi connectivity index (χ1) is 14.6. The minimum absolute atomic E-state index is 0.324. The van der Waals surface area contributed by atoms with Crippen molar-refractivity contribution < 1.29 is 33.5 Å². The van der Waals surface area contributed by atoms with Crippen LogP contribution in [-0.4, -0.2) is 91.8 Å². The Morgan fingerprint density at radius 2 is 1.65 bits per heavy atom. The predicted molar refractivity (Wildman–Crippen MR) is 107 cm³/mol. The molecule has 0 aromatic heterocycles. The van der Waals surface area contributed by atoms with Crippen LogP contribution in [0, 0.1) is 0 Å². The van der Waals surface area contributed by atoms with Gasteiger partial charge in [0.2, 0.25) is 29.5 Å². The molecule has 1 aliphatic heterocycles. The molecule has 13 nitrogen and oxygen atoms in total. The van der Waals surface area contributed by atoms with Gasteiger partial charge in [0.25, 0.3) is 0 Å². The van der Waals surface area contributed by atoms with Crippen LogP contribution in [0.3, 0.4) is 0 Å². The number of carbonyl (C=O) groups is 6. The molecule has 3 atom stereocenters. The molecule has 0 aromatic carbocycles. The highest BCUT2D eigenvalue weighted by Crippen LogP contribution is 2.17. The Labute approximate surface area is 179 Å². The first-order valence-corrected chi connectivity index (χ1v) is 9.81. The molecular weight excluding hydrogens is 412 g/mol. The number of nitrogens with one attached hydrogen (secondary N) is 4. The summed E-state index contributed by atoms with van der Waals surface area (Å²) >= 11 is 0. The lowest BCUT2D eigenvalue weighted by molar-refractivity contribution is -0.142. The largest absolute Gasteiger partial charge is 0.468 e. The molecule has 0 bridgehead atoms. The molecule has 1 saturated heterocycles. The Bertz CT molecular complexity index is 712. The standard InChI is InChI=1S/C18H30N6O7/c1-10(19)16(28)21-7-13(25)20-8-14(26)24-6-4-5-12(24)18(30)23-11(2)17(29)22-9-15(27)31-3/h10-12H,4-9,19H2,1-3H3,(H,20,25)(H,21,28)(H,22,29)(H,23,30)/t10-,11-,12-/m0/s1. The van der Waals surface area contributed by atoms with Gasteiger partial charge in [-0.3, -0.25) is 28.8 Å². The Kier molecular flexibility index (Phi) is 10.4. The van der Waals surface area contributed by atoms with E-state index >= 15 is 0 Å². The third-order valence-electron chi connectivity index (χ3n) is 4.54. The minimum Gasteiger partial charge on any atom is -0.468 e. The van der Waals surface area contributed by atoms with Crippen LogP contribution < -0.4 is 27.0 Å². The van der Waals surface area contributed by atoms with Gasteiger partial charge in [0.1, 0.15) is 18.6 Å². The summed E-state index contributed by atoms with van der Waals surface area (Å²) in [6, 6.07) is -2.47. The van der Waals surface area contributed by atoms with E-state index in [0.717, 1.165) is 0 Å². The van der Waals surface area contributed by atoms with Crippen LogP contribution >= 0.6 is 0 Å². The summed E-state index contributed by atoms with van der Waals surface area (Å²) in [5, 5.41) is 9.54. The fourth-order valence-electron chi connectivity index (χ4n) is 2.76. The van der Waals surface area contributed by atoms with Crippen LogP contribution in [0.5, 0.6) is 0 Å². The summed E-state index contributed by atoms with van der Waals surface area (Å²) in [6.07, 6.45) is 0.998. The highest BCUT2D eigenvalue weighted by Gasteiger charge is 2.35. The molecule has 31 heavy (non-hydrogen) atoms. The molecule has 1 fully saturated rings. The van der Waals surface area contributed by atoms with Gasteiger partial charge in [0.15, 0.2) is 0 Å². The average molecular weight is 442 g/mol. The first-order valence-electron chi connectivity index (χ1n) is 9.81.